The van der Waals surface area contributed by atoms with Gasteiger partial charge in [-0.15, -0.1) is 0 Å². The van der Waals surface area contributed by atoms with Crippen molar-refractivity contribution in [3.63, 3.8) is 0 Å². The molecule has 0 aromatic carbocycles. The van der Waals surface area contributed by atoms with Gasteiger partial charge in [0.05, 0.1) is 0 Å². The maximum Gasteiger partial charge on any atom is 0.314 e. The van der Waals surface area contributed by atoms with E-state index in [0.717, 1.165) is 6.42 Å². The Morgan fingerprint density at radius 3 is 2.30 bits per heavy atom. The topological polar surface area (TPSA) is 122 Å². The molecule has 7 nitrogen and oxygen atoms in total. The smallest absolute Gasteiger partial charge is 0.314 e. The molecule has 0 saturated carbocycles. The molecule has 7 heteroatoms. The van der Waals surface area contributed by atoms with Crippen LogP contribution in [0.2, 0.25) is 0 Å². The summed E-state index contributed by atoms with van der Waals surface area (Å²) in [7, 11) is 0. The standard InChI is InChI=1S/C13H25N3O4/c1-10(5-6-12(18)19)7-9-16-13(20)15-8-3-2-4-11(14)17/h10H,2-9H2,1H3,(H2,14,17)(H,18,19)(H2,15,16,20). The number of primary amides is 1. The van der Waals surface area contributed by atoms with E-state index < -0.39 is 5.97 Å². The maximum atomic E-state index is 11.4. The normalized spacial score (nSPS) is 11.7. The number of aliphatic carboxylic acids is 1. The Bertz CT molecular complexity index is 321. The molecular weight excluding hydrogens is 262 g/mol. The number of amides is 3. The minimum atomic E-state index is -0.793. The molecule has 1 unspecified atom stereocenters. The SMILES string of the molecule is CC(CCNC(=O)NCCCCC(N)=O)CCC(=O)O. The molecule has 0 aromatic rings. The highest BCUT2D eigenvalue weighted by Crippen LogP contribution is 2.08. The van der Waals surface area contributed by atoms with Crippen molar-refractivity contribution in [3.05, 3.63) is 0 Å². The van der Waals surface area contributed by atoms with Crippen LogP contribution < -0.4 is 16.4 Å². The van der Waals surface area contributed by atoms with E-state index in [1.165, 1.54) is 0 Å². The highest BCUT2D eigenvalue weighted by molar-refractivity contribution is 5.74. The summed E-state index contributed by atoms with van der Waals surface area (Å²) >= 11 is 0. The van der Waals surface area contributed by atoms with Crippen molar-refractivity contribution in [1.29, 1.82) is 0 Å². The van der Waals surface area contributed by atoms with Crippen molar-refractivity contribution in [3.8, 4) is 0 Å². The first-order valence-corrected chi connectivity index (χ1v) is 6.93. The summed E-state index contributed by atoms with van der Waals surface area (Å²) in [6.45, 7) is 2.99. The zero-order chi connectivity index (χ0) is 15.4. The summed E-state index contributed by atoms with van der Waals surface area (Å²) in [5.41, 5.74) is 5.00. The van der Waals surface area contributed by atoms with Gasteiger partial charge in [0.2, 0.25) is 5.91 Å². The lowest BCUT2D eigenvalue weighted by molar-refractivity contribution is -0.137. The number of carbonyl (C=O) groups is 3. The molecule has 116 valence electrons. The number of hydrogen-bond acceptors (Lipinski definition) is 3. The van der Waals surface area contributed by atoms with Gasteiger partial charge in [0.25, 0.3) is 0 Å². The molecule has 5 N–H and O–H groups in total. The van der Waals surface area contributed by atoms with Crippen LogP contribution in [0.25, 0.3) is 0 Å². The highest BCUT2D eigenvalue weighted by atomic mass is 16.4. The average molecular weight is 287 g/mol. The van der Waals surface area contributed by atoms with Crippen molar-refractivity contribution in [2.45, 2.75) is 45.4 Å². The molecule has 0 aromatic heterocycles. The molecule has 0 aliphatic heterocycles. The van der Waals surface area contributed by atoms with E-state index in [-0.39, 0.29) is 24.3 Å². The minimum Gasteiger partial charge on any atom is -0.481 e. The predicted molar refractivity (Wildman–Crippen MR) is 75.1 cm³/mol. The third kappa shape index (κ3) is 12.7. The third-order valence-electron chi connectivity index (χ3n) is 2.91. The fourth-order valence-corrected chi connectivity index (χ4v) is 1.63. The molecule has 0 aliphatic rings. The van der Waals surface area contributed by atoms with Crippen molar-refractivity contribution in [2.75, 3.05) is 13.1 Å². The quantitative estimate of drug-likeness (QED) is 0.420. The van der Waals surface area contributed by atoms with Crippen LogP contribution in [0.5, 0.6) is 0 Å². The van der Waals surface area contributed by atoms with E-state index in [0.29, 0.717) is 38.8 Å². The molecule has 0 heterocycles. The Labute approximate surface area is 119 Å². The van der Waals surface area contributed by atoms with Crippen molar-refractivity contribution in [2.24, 2.45) is 11.7 Å². The second kappa shape index (κ2) is 11.1. The molecule has 0 spiro atoms. The van der Waals surface area contributed by atoms with Crippen LogP contribution in [-0.4, -0.2) is 36.1 Å². The molecule has 0 bridgehead atoms. The van der Waals surface area contributed by atoms with E-state index in [9.17, 15) is 14.4 Å². The number of hydrogen-bond donors (Lipinski definition) is 4. The number of rotatable bonds is 11. The molecule has 3 amide bonds. The molecule has 0 rings (SSSR count). The minimum absolute atomic E-state index is 0.160. The second-order valence-electron chi connectivity index (χ2n) is 4.93. The van der Waals surface area contributed by atoms with Gasteiger partial charge in [0.1, 0.15) is 0 Å². The van der Waals surface area contributed by atoms with Crippen LogP contribution in [0.4, 0.5) is 4.79 Å². The first-order valence-electron chi connectivity index (χ1n) is 6.93. The zero-order valence-electron chi connectivity index (χ0n) is 12.0. The van der Waals surface area contributed by atoms with Crippen LogP contribution in [-0.2, 0) is 9.59 Å². The average Bonchev–Trinajstić information content (AvgIpc) is 2.35. The van der Waals surface area contributed by atoms with Crippen molar-refractivity contribution in [1.82, 2.24) is 10.6 Å². The molecule has 0 fully saturated rings. The molecule has 0 radical (unpaired) electrons. The Hall–Kier alpha value is -1.79. The van der Waals surface area contributed by atoms with Gasteiger partial charge < -0.3 is 21.5 Å². The fraction of sp³-hybridized carbons (Fsp3) is 0.769. The van der Waals surface area contributed by atoms with Gasteiger partial charge in [-0.25, -0.2) is 4.79 Å². The van der Waals surface area contributed by atoms with E-state index in [4.69, 9.17) is 10.8 Å². The summed E-state index contributed by atoms with van der Waals surface area (Å²) in [6.07, 6.45) is 3.25. The largest absolute Gasteiger partial charge is 0.481 e. The fourth-order valence-electron chi connectivity index (χ4n) is 1.63. The van der Waals surface area contributed by atoms with E-state index >= 15 is 0 Å². The Kier molecular flexibility index (Phi) is 10.1. The number of carboxylic acids is 1. The lowest BCUT2D eigenvalue weighted by atomic mass is 10.0. The number of carbonyl (C=O) groups excluding carboxylic acids is 2. The van der Waals surface area contributed by atoms with E-state index in [1.807, 2.05) is 6.92 Å². The van der Waals surface area contributed by atoms with Crippen LogP contribution >= 0.6 is 0 Å². The van der Waals surface area contributed by atoms with Gasteiger partial charge in [-0.2, -0.15) is 0 Å². The summed E-state index contributed by atoms with van der Waals surface area (Å²) in [5, 5.41) is 13.9. The first-order chi connectivity index (χ1) is 9.41. The lowest BCUT2D eigenvalue weighted by Gasteiger charge is -2.11. The van der Waals surface area contributed by atoms with Crippen LogP contribution in [0, 0.1) is 5.92 Å². The van der Waals surface area contributed by atoms with Crippen LogP contribution in [0.3, 0.4) is 0 Å². The number of urea groups is 1. The number of carboxylic acid groups (broad SMARTS) is 1. The molecule has 0 aliphatic carbocycles. The summed E-state index contributed by atoms with van der Waals surface area (Å²) < 4.78 is 0. The second-order valence-corrected chi connectivity index (χ2v) is 4.93. The molecular formula is C13H25N3O4. The predicted octanol–water partition coefficient (Wildman–Crippen LogP) is 0.832. The maximum absolute atomic E-state index is 11.4. The van der Waals surface area contributed by atoms with Gasteiger partial charge in [0.15, 0.2) is 0 Å². The van der Waals surface area contributed by atoms with Gasteiger partial charge in [-0.3, -0.25) is 9.59 Å². The lowest BCUT2D eigenvalue weighted by Crippen LogP contribution is -2.37. The number of unbranched alkanes of at least 4 members (excludes halogenated alkanes) is 1. The van der Waals surface area contributed by atoms with Crippen LogP contribution in [0.15, 0.2) is 0 Å². The Morgan fingerprint density at radius 1 is 1.05 bits per heavy atom. The molecule has 20 heavy (non-hydrogen) atoms. The van der Waals surface area contributed by atoms with E-state index in [2.05, 4.69) is 10.6 Å². The van der Waals surface area contributed by atoms with Crippen molar-refractivity contribution < 1.29 is 19.5 Å². The van der Waals surface area contributed by atoms with Gasteiger partial charge in [-0.1, -0.05) is 6.92 Å². The highest BCUT2D eigenvalue weighted by Gasteiger charge is 2.06. The Morgan fingerprint density at radius 2 is 1.70 bits per heavy atom. The number of nitrogens with one attached hydrogen (secondary N) is 2. The van der Waals surface area contributed by atoms with Crippen LogP contribution in [0.1, 0.15) is 45.4 Å². The summed E-state index contributed by atoms with van der Waals surface area (Å²) in [5.74, 6) is -0.856. The third-order valence-corrected chi connectivity index (χ3v) is 2.91. The van der Waals surface area contributed by atoms with E-state index in [1.54, 1.807) is 0 Å². The first kappa shape index (κ1) is 18.2. The Balaban J connectivity index is 3.44. The molecule has 0 saturated heterocycles. The summed E-state index contributed by atoms with van der Waals surface area (Å²) in [6, 6.07) is -0.241. The van der Waals surface area contributed by atoms with Gasteiger partial charge in [-0.05, 0) is 31.6 Å². The monoisotopic (exact) mass is 287 g/mol. The van der Waals surface area contributed by atoms with Crippen molar-refractivity contribution >= 4 is 17.9 Å². The number of nitrogens with two attached hydrogens (primary N) is 1. The summed E-state index contributed by atoms with van der Waals surface area (Å²) in [4.78, 5) is 32.3. The van der Waals surface area contributed by atoms with Gasteiger partial charge in [0, 0.05) is 25.9 Å². The zero-order valence-corrected chi connectivity index (χ0v) is 12.0. The molecule has 1 atom stereocenters. The van der Waals surface area contributed by atoms with Gasteiger partial charge >= 0.3 is 12.0 Å².